The van der Waals surface area contributed by atoms with E-state index in [4.69, 9.17) is 16.3 Å². The maximum Gasteiger partial charge on any atom is 0.258 e. The Hall–Kier alpha value is -2.70. The van der Waals surface area contributed by atoms with E-state index in [0.29, 0.717) is 60.7 Å². The van der Waals surface area contributed by atoms with E-state index in [1.807, 2.05) is 47.4 Å². The molecule has 0 aliphatic carbocycles. The Balaban J connectivity index is 1.33. The lowest BCUT2D eigenvalue weighted by atomic mass is 10.1. The molecular formula is C22H22ClN3O3. The lowest BCUT2D eigenvalue weighted by Crippen LogP contribution is -2.42. The van der Waals surface area contributed by atoms with Crippen LogP contribution in [0.2, 0.25) is 5.02 Å². The second-order valence-electron chi connectivity index (χ2n) is 7.13. The number of amides is 1. The Kier molecular flexibility index (Phi) is 5.92. The number of hydrogen-bond acceptors (Lipinski definition) is 4. The third-order valence-corrected chi connectivity index (χ3v) is 5.38. The van der Waals surface area contributed by atoms with E-state index in [0.717, 1.165) is 5.56 Å². The highest BCUT2D eigenvalue weighted by Gasteiger charge is 2.25. The number of nitrogens with one attached hydrogen (secondary N) is 1. The van der Waals surface area contributed by atoms with Crippen LogP contribution in [-0.4, -0.2) is 40.5 Å². The molecule has 1 aromatic heterocycles. The maximum atomic E-state index is 12.7. The number of carbonyl (C=O) groups excluding carboxylic acids is 1. The molecule has 2 aromatic carbocycles. The van der Waals surface area contributed by atoms with Gasteiger partial charge in [-0.2, -0.15) is 0 Å². The zero-order valence-electron chi connectivity index (χ0n) is 15.9. The molecule has 29 heavy (non-hydrogen) atoms. The SMILES string of the molecule is O=C(CCCc1nc2ccccc2c(=O)[nH]1)N1CCOC(c2ccc(Cl)cc2)C1. The number of hydrogen-bond donors (Lipinski definition) is 1. The summed E-state index contributed by atoms with van der Waals surface area (Å²) in [5.74, 6) is 0.706. The second-order valence-corrected chi connectivity index (χ2v) is 7.57. The summed E-state index contributed by atoms with van der Waals surface area (Å²) in [4.78, 5) is 34.0. The molecule has 1 N–H and O–H groups in total. The van der Waals surface area contributed by atoms with Gasteiger partial charge in [-0.1, -0.05) is 35.9 Å². The van der Waals surface area contributed by atoms with E-state index >= 15 is 0 Å². The van der Waals surface area contributed by atoms with Gasteiger partial charge in [0.2, 0.25) is 5.91 Å². The molecule has 1 fully saturated rings. The molecule has 3 aromatic rings. The fourth-order valence-electron chi connectivity index (χ4n) is 3.57. The van der Waals surface area contributed by atoms with Crippen molar-refractivity contribution in [2.24, 2.45) is 0 Å². The Bertz CT molecular complexity index is 1060. The zero-order valence-corrected chi connectivity index (χ0v) is 16.7. The van der Waals surface area contributed by atoms with Crippen LogP contribution < -0.4 is 5.56 Å². The number of aromatic nitrogens is 2. The lowest BCUT2D eigenvalue weighted by molar-refractivity contribution is -0.139. The molecule has 1 saturated heterocycles. The van der Waals surface area contributed by atoms with Crippen LogP contribution in [0.25, 0.3) is 10.9 Å². The summed E-state index contributed by atoms with van der Waals surface area (Å²) in [7, 11) is 0. The molecule has 1 aliphatic rings. The number of fused-ring (bicyclic) bond motifs is 1. The Labute approximate surface area is 173 Å². The number of H-pyrrole nitrogens is 1. The number of rotatable bonds is 5. The predicted molar refractivity (Wildman–Crippen MR) is 112 cm³/mol. The summed E-state index contributed by atoms with van der Waals surface area (Å²) in [6.07, 6.45) is 1.45. The molecule has 2 heterocycles. The third-order valence-electron chi connectivity index (χ3n) is 5.13. The lowest BCUT2D eigenvalue weighted by Gasteiger charge is -2.33. The van der Waals surface area contributed by atoms with E-state index < -0.39 is 0 Å². The smallest absolute Gasteiger partial charge is 0.258 e. The highest BCUT2D eigenvalue weighted by Crippen LogP contribution is 2.24. The van der Waals surface area contributed by atoms with E-state index in [2.05, 4.69) is 9.97 Å². The van der Waals surface area contributed by atoms with Crippen LogP contribution in [0.4, 0.5) is 0 Å². The van der Waals surface area contributed by atoms with Crippen LogP contribution in [0.15, 0.2) is 53.3 Å². The quantitative estimate of drug-likeness (QED) is 0.697. The minimum absolute atomic E-state index is 0.0930. The van der Waals surface area contributed by atoms with Crippen LogP contribution >= 0.6 is 11.6 Å². The summed E-state index contributed by atoms with van der Waals surface area (Å²) in [6.45, 7) is 1.64. The molecule has 1 aliphatic heterocycles. The monoisotopic (exact) mass is 411 g/mol. The molecule has 1 atom stereocenters. The van der Waals surface area contributed by atoms with Crippen LogP contribution in [0.1, 0.15) is 30.3 Å². The van der Waals surface area contributed by atoms with Gasteiger partial charge in [0, 0.05) is 24.4 Å². The number of ether oxygens (including phenoxy) is 1. The normalized spacial score (nSPS) is 16.9. The second kappa shape index (κ2) is 8.76. The van der Waals surface area contributed by atoms with Crippen molar-refractivity contribution in [2.45, 2.75) is 25.4 Å². The van der Waals surface area contributed by atoms with Gasteiger partial charge in [-0.3, -0.25) is 9.59 Å². The fourth-order valence-corrected chi connectivity index (χ4v) is 3.70. The Morgan fingerprint density at radius 2 is 2.00 bits per heavy atom. The van der Waals surface area contributed by atoms with Crippen LogP contribution in [0, 0.1) is 0 Å². The van der Waals surface area contributed by atoms with Crippen molar-refractivity contribution in [1.29, 1.82) is 0 Å². The predicted octanol–water partition coefficient (Wildman–Crippen LogP) is 3.50. The van der Waals surface area contributed by atoms with Crippen molar-refractivity contribution >= 4 is 28.4 Å². The van der Waals surface area contributed by atoms with Gasteiger partial charge in [-0.25, -0.2) is 4.98 Å². The molecule has 4 rings (SSSR count). The van der Waals surface area contributed by atoms with Crippen LogP contribution in [0.5, 0.6) is 0 Å². The zero-order chi connectivity index (χ0) is 20.2. The molecule has 6 nitrogen and oxygen atoms in total. The number of carbonyl (C=O) groups is 1. The van der Waals surface area contributed by atoms with Crippen molar-refractivity contribution in [3.63, 3.8) is 0 Å². The van der Waals surface area contributed by atoms with Crippen molar-refractivity contribution in [1.82, 2.24) is 14.9 Å². The minimum atomic E-state index is -0.143. The van der Waals surface area contributed by atoms with Gasteiger partial charge in [-0.15, -0.1) is 0 Å². The summed E-state index contributed by atoms with van der Waals surface area (Å²) in [5, 5.41) is 1.26. The van der Waals surface area contributed by atoms with Crippen molar-refractivity contribution < 1.29 is 9.53 Å². The van der Waals surface area contributed by atoms with Crippen LogP contribution in [-0.2, 0) is 16.0 Å². The first-order valence-electron chi connectivity index (χ1n) is 9.73. The topological polar surface area (TPSA) is 75.3 Å². The average molecular weight is 412 g/mol. The molecule has 0 radical (unpaired) electrons. The van der Waals surface area contributed by atoms with Gasteiger partial charge in [-0.05, 0) is 36.2 Å². The number of halogens is 1. The number of aromatic amines is 1. The number of benzene rings is 2. The fraction of sp³-hybridized carbons (Fsp3) is 0.318. The first kappa shape index (κ1) is 19.6. The van der Waals surface area contributed by atoms with Gasteiger partial charge in [0.05, 0.1) is 24.1 Å². The Morgan fingerprint density at radius 3 is 2.83 bits per heavy atom. The number of para-hydroxylation sites is 1. The minimum Gasteiger partial charge on any atom is -0.370 e. The molecular weight excluding hydrogens is 390 g/mol. The largest absolute Gasteiger partial charge is 0.370 e. The molecule has 1 unspecified atom stereocenters. The first-order chi connectivity index (χ1) is 14.1. The highest BCUT2D eigenvalue weighted by atomic mass is 35.5. The van der Waals surface area contributed by atoms with Crippen molar-refractivity contribution in [2.75, 3.05) is 19.7 Å². The maximum absolute atomic E-state index is 12.7. The van der Waals surface area contributed by atoms with Gasteiger partial charge < -0.3 is 14.6 Å². The van der Waals surface area contributed by atoms with E-state index in [1.165, 1.54) is 0 Å². The van der Waals surface area contributed by atoms with Gasteiger partial charge >= 0.3 is 0 Å². The Morgan fingerprint density at radius 1 is 1.21 bits per heavy atom. The summed E-state index contributed by atoms with van der Waals surface area (Å²) < 4.78 is 5.83. The highest BCUT2D eigenvalue weighted by molar-refractivity contribution is 6.30. The van der Waals surface area contributed by atoms with Crippen molar-refractivity contribution in [3.05, 3.63) is 75.3 Å². The molecule has 0 spiro atoms. The standard InChI is InChI=1S/C22H22ClN3O3/c23-16-10-8-15(9-11-16)19-14-26(12-13-29-19)21(27)7-3-6-20-24-18-5-2-1-4-17(18)22(28)25-20/h1-2,4-5,8-11,19H,3,6-7,12-14H2,(H,24,25,28). The van der Waals surface area contributed by atoms with E-state index in [9.17, 15) is 9.59 Å². The molecule has 150 valence electrons. The summed E-state index contributed by atoms with van der Waals surface area (Å²) >= 11 is 5.95. The van der Waals surface area contributed by atoms with Crippen molar-refractivity contribution in [3.8, 4) is 0 Å². The number of morpholine rings is 1. The third kappa shape index (κ3) is 4.66. The first-order valence-corrected chi connectivity index (χ1v) is 10.1. The van der Waals surface area contributed by atoms with E-state index in [-0.39, 0.29) is 17.6 Å². The van der Waals surface area contributed by atoms with Gasteiger partial charge in [0.15, 0.2) is 0 Å². The summed E-state index contributed by atoms with van der Waals surface area (Å²) in [5.41, 5.74) is 1.55. The molecule has 0 bridgehead atoms. The molecule has 1 amide bonds. The molecule has 7 heteroatoms. The van der Waals surface area contributed by atoms with Gasteiger partial charge in [0.25, 0.3) is 5.56 Å². The van der Waals surface area contributed by atoms with Crippen LogP contribution in [0.3, 0.4) is 0 Å². The summed E-state index contributed by atoms with van der Waals surface area (Å²) in [6, 6.07) is 14.8. The number of nitrogens with zero attached hydrogens (tertiary/aromatic N) is 2. The van der Waals surface area contributed by atoms with E-state index in [1.54, 1.807) is 6.07 Å². The molecule has 0 saturated carbocycles. The number of aryl methyl sites for hydroxylation is 1. The average Bonchev–Trinajstić information content (AvgIpc) is 2.74. The van der Waals surface area contributed by atoms with Gasteiger partial charge in [0.1, 0.15) is 11.9 Å².